The summed E-state index contributed by atoms with van der Waals surface area (Å²) in [6.07, 6.45) is 5.24. The molecule has 2 aliphatic rings. The van der Waals surface area contributed by atoms with E-state index < -0.39 is 0 Å². The Morgan fingerprint density at radius 2 is 1.84 bits per heavy atom. The van der Waals surface area contributed by atoms with Crippen LogP contribution in [0.3, 0.4) is 0 Å². The number of nitrogens with zero attached hydrogens (tertiary/aromatic N) is 4. The predicted octanol–water partition coefficient (Wildman–Crippen LogP) is 3.76. The third-order valence-corrected chi connectivity index (χ3v) is 5.74. The molecule has 1 atom stereocenters. The van der Waals surface area contributed by atoms with Gasteiger partial charge in [-0.15, -0.1) is 0 Å². The normalized spacial score (nSPS) is 23.7. The summed E-state index contributed by atoms with van der Waals surface area (Å²) < 4.78 is 1.34. The number of carbonyl (C=O) groups excluding carboxylic acids is 1. The number of halogens is 2. The first-order valence-corrected chi connectivity index (χ1v) is 9.25. The van der Waals surface area contributed by atoms with E-state index in [1.54, 1.807) is 6.20 Å². The van der Waals surface area contributed by atoms with Crippen molar-refractivity contribution in [1.29, 1.82) is 0 Å². The molecule has 0 saturated carbocycles. The number of rotatable bonds is 2. The van der Waals surface area contributed by atoms with E-state index in [1.807, 2.05) is 17.0 Å². The summed E-state index contributed by atoms with van der Waals surface area (Å²) in [6, 6.07) is 7.96. The van der Waals surface area contributed by atoms with Crippen molar-refractivity contribution < 1.29 is 4.79 Å². The van der Waals surface area contributed by atoms with Crippen LogP contribution in [0.4, 0.5) is 4.79 Å². The maximum Gasteiger partial charge on any atom is 0.344 e. The van der Waals surface area contributed by atoms with Gasteiger partial charge in [0.05, 0.1) is 17.4 Å². The first kappa shape index (κ1) is 16.9. The van der Waals surface area contributed by atoms with Crippen molar-refractivity contribution in [2.45, 2.75) is 19.4 Å². The number of hydrogen-bond acceptors (Lipinski definition) is 3. The quantitative estimate of drug-likeness (QED) is 0.798. The highest BCUT2D eigenvalue weighted by atomic mass is 35.5. The van der Waals surface area contributed by atoms with Crippen LogP contribution in [0.15, 0.2) is 36.7 Å². The number of benzene rings is 1. The lowest BCUT2D eigenvalue weighted by Gasteiger charge is -2.24. The average Bonchev–Trinajstić information content (AvgIpc) is 3.31. The lowest BCUT2D eigenvalue weighted by molar-refractivity contribution is 0.196. The molecule has 1 spiro atoms. The first-order chi connectivity index (χ1) is 12.0. The van der Waals surface area contributed by atoms with Crippen molar-refractivity contribution in [3.8, 4) is 0 Å². The Hall–Kier alpha value is -1.56. The summed E-state index contributed by atoms with van der Waals surface area (Å²) in [4.78, 5) is 16.9. The second-order valence-corrected chi connectivity index (χ2v) is 8.02. The minimum atomic E-state index is -0.0834. The molecule has 2 saturated heterocycles. The van der Waals surface area contributed by atoms with Crippen LogP contribution in [-0.4, -0.2) is 51.8 Å². The van der Waals surface area contributed by atoms with Crippen LogP contribution in [0.2, 0.25) is 10.0 Å². The van der Waals surface area contributed by atoms with Crippen molar-refractivity contribution in [3.63, 3.8) is 0 Å². The van der Waals surface area contributed by atoms with Crippen LogP contribution in [0.25, 0.3) is 0 Å². The topological polar surface area (TPSA) is 41.4 Å². The fourth-order valence-corrected chi connectivity index (χ4v) is 4.25. The summed E-state index contributed by atoms with van der Waals surface area (Å²) in [5.41, 5.74) is 1.48. The molecule has 5 nitrogen and oxygen atoms in total. The third-order valence-electron chi connectivity index (χ3n) is 5.29. The second-order valence-electron chi connectivity index (χ2n) is 7.14. The van der Waals surface area contributed by atoms with Gasteiger partial charge in [0.2, 0.25) is 0 Å². The largest absolute Gasteiger partial charge is 0.344 e. The number of likely N-dealkylation sites (tertiary alicyclic amines) is 2. The zero-order valence-electron chi connectivity index (χ0n) is 13.9. The van der Waals surface area contributed by atoms with Gasteiger partial charge in [-0.2, -0.15) is 9.78 Å². The van der Waals surface area contributed by atoms with E-state index in [2.05, 4.69) is 22.1 Å². The van der Waals surface area contributed by atoms with Gasteiger partial charge in [0.25, 0.3) is 0 Å². The van der Waals surface area contributed by atoms with Crippen molar-refractivity contribution in [1.82, 2.24) is 19.6 Å². The summed E-state index contributed by atoms with van der Waals surface area (Å²) in [7, 11) is 0. The molecule has 0 radical (unpaired) electrons. The average molecular weight is 379 g/mol. The van der Waals surface area contributed by atoms with Crippen LogP contribution < -0.4 is 0 Å². The van der Waals surface area contributed by atoms with Crippen molar-refractivity contribution >= 4 is 29.2 Å². The molecule has 1 amide bonds. The fourth-order valence-electron chi connectivity index (χ4n) is 3.99. The Labute approximate surface area is 157 Å². The molecule has 132 valence electrons. The van der Waals surface area contributed by atoms with Gasteiger partial charge in [0, 0.05) is 36.6 Å². The summed E-state index contributed by atoms with van der Waals surface area (Å²) in [6.45, 7) is 4.60. The van der Waals surface area contributed by atoms with Gasteiger partial charge in [0.15, 0.2) is 0 Å². The van der Waals surface area contributed by atoms with Gasteiger partial charge >= 0.3 is 6.03 Å². The van der Waals surface area contributed by atoms with E-state index >= 15 is 0 Å². The minimum Gasteiger partial charge on any atom is -0.322 e. The molecular weight excluding hydrogens is 359 g/mol. The highest BCUT2D eigenvalue weighted by Crippen LogP contribution is 2.40. The van der Waals surface area contributed by atoms with Crippen molar-refractivity contribution in [2.24, 2.45) is 5.41 Å². The zero-order valence-corrected chi connectivity index (χ0v) is 15.4. The molecule has 0 bridgehead atoms. The van der Waals surface area contributed by atoms with E-state index in [9.17, 15) is 4.79 Å². The molecule has 1 unspecified atom stereocenters. The Morgan fingerprint density at radius 1 is 1.08 bits per heavy atom. The number of amides is 1. The molecule has 1 aromatic carbocycles. The molecule has 25 heavy (non-hydrogen) atoms. The Morgan fingerprint density at radius 3 is 2.56 bits per heavy atom. The maximum absolute atomic E-state index is 12.5. The molecule has 1 aromatic heterocycles. The third kappa shape index (κ3) is 3.54. The molecule has 2 fully saturated rings. The van der Waals surface area contributed by atoms with Crippen LogP contribution in [-0.2, 0) is 6.54 Å². The van der Waals surface area contributed by atoms with Crippen LogP contribution >= 0.6 is 23.2 Å². The SMILES string of the molecule is O=C(N1CCC2(CCN(Cc3ccc(Cl)cc3)C2)C1)n1cc(Cl)cn1. The van der Waals surface area contributed by atoms with Gasteiger partial charge in [-0.25, -0.2) is 4.79 Å². The molecule has 3 heterocycles. The number of carbonyl (C=O) groups is 1. The van der Waals surface area contributed by atoms with Gasteiger partial charge in [-0.05, 0) is 37.1 Å². The van der Waals surface area contributed by atoms with Crippen molar-refractivity contribution in [3.05, 3.63) is 52.3 Å². The predicted molar refractivity (Wildman–Crippen MR) is 98.0 cm³/mol. The maximum atomic E-state index is 12.5. The number of aromatic nitrogens is 2. The number of hydrogen-bond donors (Lipinski definition) is 0. The Balaban J connectivity index is 1.38. The monoisotopic (exact) mass is 378 g/mol. The standard InChI is InChI=1S/C18H20Cl2N4O/c19-15-3-1-14(2-4-15)10-22-7-5-18(12-22)6-8-23(13-18)17(25)24-11-16(20)9-21-24/h1-4,9,11H,5-8,10,12-13H2. The zero-order chi connectivity index (χ0) is 17.4. The van der Waals surface area contributed by atoms with Crippen LogP contribution in [0.5, 0.6) is 0 Å². The summed E-state index contributed by atoms with van der Waals surface area (Å²) in [5.74, 6) is 0. The molecule has 0 aliphatic carbocycles. The molecular formula is C18H20Cl2N4O. The molecule has 7 heteroatoms. The van der Waals surface area contributed by atoms with Gasteiger partial charge < -0.3 is 4.90 Å². The molecule has 0 N–H and O–H groups in total. The smallest absolute Gasteiger partial charge is 0.322 e. The second kappa shape index (κ2) is 6.63. The lowest BCUT2D eigenvalue weighted by Crippen LogP contribution is -2.36. The molecule has 2 aromatic rings. The summed E-state index contributed by atoms with van der Waals surface area (Å²) >= 11 is 11.8. The molecule has 2 aliphatic heterocycles. The van der Waals surface area contributed by atoms with E-state index in [0.717, 1.165) is 50.6 Å². The van der Waals surface area contributed by atoms with E-state index in [-0.39, 0.29) is 11.4 Å². The highest BCUT2D eigenvalue weighted by Gasteiger charge is 2.44. The van der Waals surface area contributed by atoms with Gasteiger partial charge in [0.1, 0.15) is 0 Å². The minimum absolute atomic E-state index is 0.0834. The Kier molecular flexibility index (Phi) is 4.48. The highest BCUT2D eigenvalue weighted by molar-refractivity contribution is 6.30. The van der Waals surface area contributed by atoms with E-state index in [1.165, 1.54) is 16.4 Å². The van der Waals surface area contributed by atoms with Gasteiger partial charge in [-0.3, -0.25) is 4.90 Å². The van der Waals surface area contributed by atoms with Crippen LogP contribution in [0.1, 0.15) is 18.4 Å². The first-order valence-electron chi connectivity index (χ1n) is 8.49. The molecule has 4 rings (SSSR count). The van der Waals surface area contributed by atoms with E-state index in [4.69, 9.17) is 23.2 Å². The Bertz CT molecular complexity index is 776. The van der Waals surface area contributed by atoms with Gasteiger partial charge in [-0.1, -0.05) is 35.3 Å². The lowest BCUT2D eigenvalue weighted by atomic mass is 9.86. The van der Waals surface area contributed by atoms with Crippen molar-refractivity contribution in [2.75, 3.05) is 26.2 Å². The van der Waals surface area contributed by atoms with Crippen LogP contribution in [0, 0.1) is 5.41 Å². The fraction of sp³-hybridized carbons (Fsp3) is 0.444. The summed E-state index contributed by atoms with van der Waals surface area (Å²) in [5, 5.41) is 5.28. The van der Waals surface area contributed by atoms with E-state index in [0.29, 0.717) is 5.02 Å².